The maximum atomic E-state index is 13.3. The molecule has 1 amide bonds. The molecule has 0 radical (unpaired) electrons. The van der Waals surface area contributed by atoms with Crippen molar-refractivity contribution in [2.45, 2.75) is 31.7 Å². The quantitative estimate of drug-likeness (QED) is 0.947. The molecule has 1 aromatic heterocycles. The molecule has 3 rings (SSSR count). The number of rotatable bonds is 3. The topological polar surface area (TPSA) is 49.0 Å². The zero-order chi connectivity index (χ0) is 15.5. The van der Waals surface area contributed by atoms with E-state index in [1.165, 1.54) is 6.07 Å². The minimum atomic E-state index is -0.921. The molecule has 1 saturated heterocycles. The lowest BCUT2D eigenvalue weighted by molar-refractivity contribution is -0.134. The molecule has 6 heteroatoms. The van der Waals surface area contributed by atoms with Crippen molar-refractivity contribution in [3.05, 3.63) is 53.4 Å². The van der Waals surface area contributed by atoms with Gasteiger partial charge in [-0.1, -0.05) is 6.07 Å². The normalized spacial score (nSPS) is 18.5. The first kappa shape index (κ1) is 14.7. The number of likely N-dealkylation sites (tertiary alicyclic amines) is 1. The minimum Gasteiger partial charge on any atom is -0.335 e. The van der Waals surface area contributed by atoms with E-state index in [1.807, 2.05) is 4.90 Å². The summed E-state index contributed by atoms with van der Waals surface area (Å²) in [6.45, 7) is 0.679. The Bertz CT molecular complexity index is 657. The number of aromatic amines is 1. The number of amides is 1. The maximum absolute atomic E-state index is 13.3. The van der Waals surface area contributed by atoms with Crippen molar-refractivity contribution >= 4 is 5.91 Å². The number of halogens is 2. The molecule has 0 spiro atoms. The van der Waals surface area contributed by atoms with Crippen molar-refractivity contribution in [3.8, 4) is 0 Å². The molecule has 1 aromatic carbocycles. The van der Waals surface area contributed by atoms with Gasteiger partial charge in [0.2, 0.25) is 5.91 Å². The van der Waals surface area contributed by atoms with Gasteiger partial charge in [0.05, 0.1) is 18.7 Å². The minimum absolute atomic E-state index is 0.00490. The van der Waals surface area contributed by atoms with Gasteiger partial charge in [0.1, 0.15) is 0 Å². The highest BCUT2D eigenvalue weighted by atomic mass is 19.2. The molecule has 0 bridgehead atoms. The lowest BCUT2D eigenvalue weighted by atomic mass is 9.96. The zero-order valence-corrected chi connectivity index (χ0v) is 12.1. The van der Waals surface area contributed by atoms with Crippen LogP contribution in [0.15, 0.2) is 30.6 Å². The van der Waals surface area contributed by atoms with E-state index < -0.39 is 11.6 Å². The molecule has 1 unspecified atom stereocenters. The van der Waals surface area contributed by atoms with Crippen LogP contribution >= 0.6 is 0 Å². The van der Waals surface area contributed by atoms with Crippen molar-refractivity contribution in [1.82, 2.24) is 15.1 Å². The molecule has 1 atom stereocenters. The number of hydrogen-bond acceptors (Lipinski definition) is 2. The van der Waals surface area contributed by atoms with Crippen LogP contribution < -0.4 is 0 Å². The number of piperidine rings is 1. The van der Waals surface area contributed by atoms with Crippen LogP contribution in [0.1, 0.15) is 36.4 Å². The van der Waals surface area contributed by atoms with E-state index in [9.17, 15) is 13.6 Å². The predicted octanol–water partition coefficient (Wildman–Crippen LogP) is 2.98. The number of nitrogens with zero attached hydrogens (tertiary/aromatic N) is 2. The fourth-order valence-corrected chi connectivity index (χ4v) is 2.95. The molecule has 1 aliphatic rings. The van der Waals surface area contributed by atoms with Crippen LogP contribution in [0.5, 0.6) is 0 Å². The number of H-pyrrole nitrogens is 1. The SMILES string of the molecule is O=C(Cc1ccc(F)c(F)c1)N1CCCCC1c1cn[nH]c1. The Balaban J connectivity index is 1.75. The third-order valence-electron chi connectivity index (χ3n) is 4.07. The first-order chi connectivity index (χ1) is 10.6. The second-order valence-corrected chi connectivity index (χ2v) is 5.56. The Labute approximate surface area is 127 Å². The van der Waals surface area contributed by atoms with Gasteiger partial charge in [-0.3, -0.25) is 9.89 Å². The van der Waals surface area contributed by atoms with Gasteiger partial charge >= 0.3 is 0 Å². The lowest BCUT2D eigenvalue weighted by Crippen LogP contribution is -2.39. The van der Waals surface area contributed by atoms with Gasteiger partial charge < -0.3 is 4.90 Å². The van der Waals surface area contributed by atoms with Gasteiger partial charge in [-0.2, -0.15) is 5.10 Å². The van der Waals surface area contributed by atoms with Crippen LogP contribution in [0.3, 0.4) is 0 Å². The number of nitrogens with one attached hydrogen (secondary N) is 1. The Morgan fingerprint density at radius 1 is 1.32 bits per heavy atom. The fourth-order valence-electron chi connectivity index (χ4n) is 2.95. The molecule has 2 aromatic rings. The number of hydrogen-bond donors (Lipinski definition) is 1. The lowest BCUT2D eigenvalue weighted by Gasteiger charge is -2.35. The van der Waals surface area contributed by atoms with Crippen molar-refractivity contribution in [2.24, 2.45) is 0 Å². The third kappa shape index (κ3) is 3.00. The summed E-state index contributed by atoms with van der Waals surface area (Å²) in [4.78, 5) is 14.4. The summed E-state index contributed by atoms with van der Waals surface area (Å²) in [7, 11) is 0. The van der Waals surface area contributed by atoms with E-state index in [0.717, 1.165) is 37.0 Å². The van der Waals surface area contributed by atoms with Crippen LogP contribution in [0.25, 0.3) is 0 Å². The first-order valence-corrected chi connectivity index (χ1v) is 7.37. The van der Waals surface area contributed by atoms with E-state index in [0.29, 0.717) is 12.1 Å². The fraction of sp³-hybridized carbons (Fsp3) is 0.375. The average molecular weight is 305 g/mol. The van der Waals surface area contributed by atoms with Crippen molar-refractivity contribution < 1.29 is 13.6 Å². The van der Waals surface area contributed by atoms with Crippen LogP contribution in [-0.2, 0) is 11.2 Å². The predicted molar refractivity (Wildman–Crippen MR) is 77.0 cm³/mol. The molecule has 22 heavy (non-hydrogen) atoms. The number of aromatic nitrogens is 2. The van der Waals surface area contributed by atoms with Crippen molar-refractivity contribution in [3.63, 3.8) is 0 Å². The van der Waals surface area contributed by atoms with Gasteiger partial charge in [0.15, 0.2) is 11.6 Å². The molecule has 1 N–H and O–H groups in total. The average Bonchev–Trinajstić information content (AvgIpc) is 3.05. The maximum Gasteiger partial charge on any atom is 0.227 e. The summed E-state index contributed by atoms with van der Waals surface area (Å²) in [5.41, 5.74) is 1.47. The van der Waals surface area contributed by atoms with E-state index in [1.54, 1.807) is 12.4 Å². The Hall–Kier alpha value is -2.24. The smallest absolute Gasteiger partial charge is 0.227 e. The van der Waals surface area contributed by atoms with E-state index in [2.05, 4.69) is 10.2 Å². The Morgan fingerprint density at radius 3 is 2.91 bits per heavy atom. The number of benzene rings is 1. The molecule has 0 saturated carbocycles. The Morgan fingerprint density at radius 2 is 2.18 bits per heavy atom. The summed E-state index contributed by atoms with van der Waals surface area (Å²) in [5.74, 6) is -1.89. The molecular formula is C16H17F2N3O. The molecule has 4 nitrogen and oxygen atoms in total. The number of carbonyl (C=O) groups excluding carboxylic acids is 1. The summed E-state index contributed by atoms with van der Waals surface area (Å²) in [6.07, 6.45) is 6.51. The highest BCUT2D eigenvalue weighted by Gasteiger charge is 2.28. The number of carbonyl (C=O) groups is 1. The zero-order valence-electron chi connectivity index (χ0n) is 12.1. The summed E-state index contributed by atoms with van der Waals surface area (Å²) < 4.78 is 26.2. The largest absolute Gasteiger partial charge is 0.335 e. The first-order valence-electron chi connectivity index (χ1n) is 7.37. The van der Waals surface area contributed by atoms with Gasteiger partial charge in [-0.25, -0.2) is 8.78 Å². The second kappa shape index (κ2) is 6.25. The van der Waals surface area contributed by atoms with Crippen molar-refractivity contribution in [2.75, 3.05) is 6.54 Å². The van der Waals surface area contributed by atoms with E-state index >= 15 is 0 Å². The molecular weight excluding hydrogens is 288 g/mol. The standard InChI is InChI=1S/C16H17F2N3O/c17-13-5-4-11(7-14(13)18)8-16(22)21-6-2-1-3-15(21)12-9-19-20-10-12/h4-5,7,9-10,15H,1-3,6,8H2,(H,19,20). The monoisotopic (exact) mass is 305 g/mol. The highest BCUT2D eigenvalue weighted by molar-refractivity contribution is 5.79. The second-order valence-electron chi connectivity index (χ2n) is 5.56. The van der Waals surface area contributed by atoms with E-state index in [4.69, 9.17) is 0 Å². The highest BCUT2D eigenvalue weighted by Crippen LogP contribution is 2.30. The summed E-state index contributed by atoms with van der Waals surface area (Å²) >= 11 is 0. The van der Waals surface area contributed by atoms with E-state index in [-0.39, 0.29) is 18.4 Å². The molecule has 1 fully saturated rings. The van der Waals surface area contributed by atoms with Crippen LogP contribution in [0, 0.1) is 11.6 Å². The molecule has 2 heterocycles. The van der Waals surface area contributed by atoms with Gasteiger partial charge in [0.25, 0.3) is 0 Å². The van der Waals surface area contributed by atoms with Crippen molar-refractivity contribution in [1.29, 1.82) is 0 Å². The van der Waals surface area contributed by atoms with Crippen LogP contribution in [-0.4, -0.2) is 27.5 Å². The Kier molecular flexibility index (Phi) is 4.18. The molecule has 0 aliphatic carbocycles. The van der Waals surface area contributed by atoms with Gasteiger partial charge in [-0.15, -0.1) is 0 Å². The van der Waals surface area contributed by atoms with Crippen LogP contribution in [0.2, 0.25) is 0 Å². The summed E-state index contributed by atoms with van der Waals surface area (Å²) in [5, 5.41) is 6.71. The molecule has 116 valence electrons. The van der Waals surface area contributed by atoms with Crippen LogP contribution in [0.4, 0.5) is 8.78 Å². The molecule has 1 aliphatic heterocycles. The summed E-state index contributed by atoms with van der Waals surface area (Å²) in [6, 6.07) is 3.60. The third-order valence-corrected chi connectivity index (χ3v) is 4.07. The van der Waals surface area contributed by atoms with Gasteiger partial charge in [-0.05, 0) is 37.0 Å². The van der Waals surface area contributed by atoms with Gasteiger partial charge in [0, 0.05) is 18.3 Å².